The summed E-state index contributed by atoms with van der Waals surface area (Å²) in [5, 5.41) is 6.07. The Morgan fingerprint density at radius 1 is 1.36 bits per heavy atom. The molecule has 0 saturated carbocycles. The number of nitrogens with zero attached hydrogens (tertiary/aromatic N) is 2. The molecule has 1 N–H and O–H groups in total. The Bertz CT molecular complexity index is 708. The average molecular weight is 357 g/mol. The maximum Gasteiger partial charge on any atom is 0.244 e. The summed E-state index contributed by atoms with van der Waals surface area (Å²) in [6.45, 7) is 6.02. The van der Waals surface area contributed by atoms with Crippen molar-refractivity contribution in [3.8, 4) is 0 Å². The first-order valence-electron chi connectivity index (χ1n) is 8.46. The number of hydrogen-bond acceptors (Lipinski definition) is 5. The molecular weight excluding hydrogens is 334 g/mol. The number of benzene rings is 1. The summed E-state index contributed by atoms with van der Waals surface area (Å²) in [6.07, 6.45) is 3.32. The van der Waals surface area contributed by atoms with Gasteiger partial charge in [-0.1, -0.05) is 30.3 Å². The number of carbonyl (C=O) groups is 1. The first kappa shape index (κ1) is 17.8. The fourth-order valence-electron chi connectivity index (χ4n) is 2.80. The zero-order valence-corrected chi connectivity index (χ0v) is 15.2. The van der Waals surface area contributed by atoms with Crippen LogP contribution in [0, 0.1) is 6.92 Å². The van der Waals surface area contributed by atoms with Gasteiger partial charge in [-0.15, -0.1) is 11.3 Å². The second kappa shape index (κ2) is 8.89. The molecule has 1 amide bonds. The predicted molar refractivity (Wildman–Crippen MR) is 100 cm³/mol. The number of hydrogen-bond donors (Lipinski definition) is 1. The maximum atomic E-state index is 12.4. The minimum absolute atomic E-state index is 0.0476. The molecular formula is C19H23N3O2S. The van der Waals surface area contributed by atoms with Gasteiger partial charge in [-0.2, -0.15) is 0 Å². The van der Waals surface area contributed by atoms with Crippen LogP contribution in [0.2, 0.25) is 0 Å². The predicted octanol–water partition coefficient (Wildman–Crippen LogP) is 2.65. The highest BCUT2D eigenvalue weighted by Gasteiger charge is 2.19. The number of ether oxygens (including phenoxy) is 1. The van der Waals surface area contributed by atoms with E-state index in [1.807, 2.05) is 30.5 Å². The third-order valence-electron chi connectivity index (χ3n) is 4.11. The number of nitrogens with one attached hydrogen (secondary N) is 1. The summed E-state index contributed by atoms with van der Waals surface area (Å²) in [4.78, 5) is 19.1. The van der Waals surface area contributed by atoms with Gasteiger partial charge in [-0.25, -0.2) is 4.98 Å². The normalized spacial score (nSPS) is 16.8. The lowest BCUT2D eigenvalue weighted by molar-refractivity contribution is -0.117. The van der Waals surface area contributed by atoms with Crippen molar-refractivity contribution < 1.29 is 9.53 Å². The van der Waals surface area contributed by atoms with E-state index >= 15 is 0 Å². The number of morpholine rings is 1. The van der Waals surface area contributed by atoms with Crippen LogP contribution in [0.4, 0.5) is 0 Å². The molecule has 25 heavy (non-hydrogen) atoms. The van der Waals surface area contributed by atoms with Crippen LogP contribution < -0.4 is 5.32 Å². The van der Waals surface area contributed by atoms with Crippen LogP contribution in [0.1, 0.15) is 22.3 Å². The fourth-order valence-corrected chi connectivity index (χ4v) is 3.38. The number of aromatic nitrogens is 1. The summed E-state index contributed by atoms with van der Waals surface area (Å²) < 4.78 is 5.41. The van der Waals surface area contributed by atoms with Gasteiger partial charge in [0.1, 0.15) is 0 Å². The molecule has 1 aromatic carbocycles. The van der Waals surface area contributed by atoms with Crippen molar-refractivity contribution in [3.63, 3.8) is 0 Å². The minimum atomic E-state index is -0.104. The van der Waals surface area contributed by atoms with E-state index in [0.29, 0.717) is 0 Å². The van der Waals surface area contributed by atoms with Crippen molar-refractivity contribution in [2.24, 2.45) is 0 Å². The minimum Gasteiger partial charge on any atom is -0.379 e. The molecule has 3 rings (SSSR count). The van der Waals surface area contributed by atoms with Gasteiger partial charge in [0.05, 0.1) is 30.0 Å². The van der Waals surface area contributed by atoms with Gasteiger partial charge in [0.2, 0.25) is 5.91 Å². The monoisotopic (exact) mass is 357 g/mol. The van der Waals surface area contributed by atoms with Crippen LogP contribution in [0.15, 0.2) is 41.8 Å². The second-order valence-corrected chi connectivity index (χ2v) is 7.07. The van der Waals surface area contributed by atoms with Crippen molar-refractivity contribution in [3.05, 3.63) is 58.1 Å². The molecule has 1 atom stereocenters. The van der Waals surface area contributed by atoms with E-state index in [4.69, 9.17) is 4.74 Å². The highest BCUT2D eigenvalue weighted by Crippen LogP contribution is 2.15. The Hall–Kier alpha value is -2.02. The first-order valence-corrected chi connectivity index (χ1v) is 9.34. The summed E-state index contributed by atoms with van der Waals surface area (Å²) in [5.74, 6) is -0.104. The average Bonchev–Trinajstić information content (AvgIpc) is 3.06. The number of amides is 1. The molecule has 2 aromatic rings. The molecule has 1 fully saturated rings. The van der Waals surface area contributed by atoms with Gasteiger partial charge in [0, 0.05) is 31.1 Å². The second-order valence-electron chi connectivity index (χ2n) is 6.01. The molecule has 1 aliphatic heterocycles. The van der Waals surface area contributed by atoms with E-state index in [1.54, 1.807) is 23.5 Å². The van der Waals surface area contributed by atoms with Gasteiger partial charge >= 0.3 is 0 Å². The molecule has 5 nitrogen and oxygen atoms in total. The van der Waals surface area contributed by atoms with Crippen LogP contribution >= 0.6 is 11.3 Å². The van der Waals surface area contributed by atoms with Crippen LogP contribution in [0.3, 0.4) is 0 Å². The maximum absolute atomic E-state index is 12.4. The Balaban J connectivity index is 1.66. The molecule has 6 heteroatoms. The van der Waals surface area contributed by atoms with Crippen molar-refractivity contribution in [2.75, 3.05) is 32.8 Å². The van der Waals surface area contributed by atoms with E-state index < -0.39 is 0 Å². The topological polar surface area (TPSA) is 54.5 Å². The van der Waals surface area contributed by atoms with E-state index in [0.717, 1.165) is 49.1 Å². The number of aryl methyl sites for hydroxylation is 1. The lowest BCUT2D eigenvalue weighted by Gasteiger charge is -2.30. The first-order chi connectivity index (χ1) is 12.2. The number of rotatable bonds is 6. The van der Waals surface area contributed by atoms with Crippen LogP contribution in [-0.4, -0.2) is 48.6 Å². The van der Waals surface area contributed by atoms with E-state index in [9.17, 15) is 4.79 Å². The zero-order valence-electron chi connectivity index (χ0n) is 14.4. The third-order valence-corrected chi connectivity index (χ3v) is 4.90. The Labute approximate surface area is 152 Å². The summed E-state index contributed by atoms with van der Waals surface area (Å²) in [5.41, 5.74) is 1.93. The number of thiazole rings is 1. The van der Waals surface area contributed by atoms with E-state index in [-0.39, 0.29) is 11.9 Å². The fraction of sp³-hybridized carbons (Fsp3) is 0.368. The van der Waals surface area contributed by atoms with E-state index in [2.05, 4.69) is 27.3 Å². The smallest absolute Gasteiger partial charge is 0.244 e. The standard InChI is InChI=1S/C19H23N3O2S/c1-15-20-17(14-25-15)7-8-19(23)21-18(16-5-3-2-4-6-16)13-22-9-11-24-12-10-22/h2-8,14,18H,9-13H2,1H3,(H,21,23)/b8-7+. The van der Waals surface area contributed by atoms with Crippen molar-refractivity contribution in [1.29, 1.82) is 0 Å². The molecule has 0 radical (unpaired) electrons. The Morgan fingerprint density at radius 3 is 2.80 bits per heavy atom. The SMILES string of the molecule is Cc1nc(/C=C/C(=O)NC(CN2CCOCC2)c2ccccc2)cs1. The molecule has 132 valence electrons. The van der Waals surface area contributed by atoms with Gasteiger partial charge in [-0.3, -0.25) is 9.69 Å². The lowest BCUT2D eigenvalue weighted by Crippen LogP contribution is -2.42. The third kappa shape index (κ3) is 5.49. The highest BCUT2D eigenvalue weighted by atomic mass is 32.1. The van der Waals surface area contributed by atoms with Gasteiger partial charge < -0.3 is 10.1 Å². The Morgan fingerprint density at radius 2 is 2.12 bits per heavy atom. The molecule has 1 aromatic heterocycles. The molecule has 1 saturated heterocycles. The van der Waals surface area contributed by atoms with Crippen LogP contribution in [-0.2, 0) is 9.53 Å². The van der Waals surface area contributed by atoms with Gasteiger partial charge in [-0.05, 0) is 18.6 Å². The largest absolute Gasteiger partial charge is 0.379 e. The molecule has 2 heterocycles. The number of carbonyl (C=O) groups excluding carboxylic acids is 1. The Kier molecular flexibility index (Phi) is 6.33. The van der Waals surface area contributed by atoms with Crippen molar-refractivity contribution >= 4 is 23.3 Å². The molecule has 1 unspecified atom stereocenters. The lowest BCUT2D eigenvalue weighted by atomic mass is 10.1. The quantitative estimate of drug-likeness (QED) is 0.808. The highest BCUT2D eigenvalue weighted by molar-refractivity contribution is 7.09. The van der Waals surface area contributed by atoms with Gasteiger partial charge in [0.25, 0.3) is 0 Å². The van der Waals surface area contributed by atoms with Crippen molar-refractivity contribution in [2.45, 2.75) is 13.0 Å². The summed E-state index contributed by atoms with van der Waals surface area (Å²) in [7, 11) is 0. The summed E-state index contributed by atoms with van der Waals surface area (Å²) in [6, 6.07) is 10.1. The van der Waals surface area contributed by atoms with Gasteiger partial charge in [0.15, 0.2) is 0 Å². The van der Waals surface area contributed by atoms with Crippen LogP contribution in [0.25, 0.3) is 6.08 Å². The molecule has 0 aliphatic carbocycles. The molecule has 1 aliphatic rings. The molecule has 0 bridgehead atoms. The van der Waals surface area contributed by atoms with Crippen LogP contribution in [0.5, 0.6) is 0 Å². The zero-order chi connectivity index (χ0) is 17.5. The van der Waals surface area contributed by atoms with E-state index in [1.165, 1.54) is 0 Å². The molecule has 0 spiro atoms. The summed E-state index contributed by atoms with van der Waals surface area (Å²) >= 11 is 1.58. The van der Waals surface area contributed by atoms with Crippen molar-refractivity contribution in [1.82, 2.24) is 15.2 Å².